The van der Waals surface area contributed by atoms with Crippen LogP contribution in [0, 0.1) is 0 Å². The summed E-state index contributed by atoms with van der Waals surface area (Å²) >= 11 is 0. The van der Waals surface area contributed by atoms with Gasteiger partial charge in [-0.2, -0.15) is 0 Å². The van der Waals surface area contributed by atoms with Crippen LogP contribution in [0.15, 0.2) is 12.4 Å². The number of nitrogens with zero attached hydrogens (tertiary/aromatic N) is 3. The molecule has 3 atom stereocenters. The summed E-state index contributed by atoms with van der Waals surface area (Å²) in [6, 6.07) is 1.51. The van der Waals surface area contributed by atoms with Crippen molar-refractivity contribution < 1.29 is 20.1 Å². The fourth-order valence-corrected chi connectivity index (χ4v) is 2.31. The average Bonchev–Trinajstić information content (AvgIpc) is 2.78. The largest absolute Gasteiger partial charge is 0.394 e. The van der Waals surface area contributed by atoms with Crippen molar-refractivity contribution in [2.75, 3.05) is 25.2 Å². The lowest BCUT2D eigenvalue weighted by molar-refractivity contribution is -0.173. The lowest BCUT2D eigenvalue weighted by Gasteiger charge is -2.35. The number of fused-ring (bicyclic) bond motifs is 1. The highest BCUT2D eigenvalue weighted by Gasteiger charge is 2.40. The zero-order valence-electron chi connectivity index (χ0n) is 11.8. The first-order valence-electron chi connectivity index (χ1n) is 6.26. The van der Waals surface area contributed by atoms with Crippen LogP contribution in [0.1, 0.15) is 6.92 Å². The summed E-state index contributed by atoms with van der Waals surface area (Å²) in [5.74, 6) is 0.357. The van der Waals surface area contributed by atoms with Crippen molar-refractivity contribution in [3.8, 4) is 0 Å². The number of rotatable bonds is 5. The number of nitrogens with two attached hydrogens (primary N) is 2. The molecule has 9 heteroatoms. The summed E-state index contributed by atoms with van der Waals surface area (Å²) in [5.41, 5.74) is 10.0. The Hall–Kier alpha value is -1.94. The van der Waals surface area contributed by atoms with Gasteiger partial charge in [0.15, 0.2) is 5.72 Å². The molecule has 7 N–H and O–H groups in total. The van der Waals surface area contributed by atoms with Crippen molar-refractivity contribution in [1.29, 1.82) is 0 Å². The van der Waals surface area contributed by atoms with E-state index in [1.807, 2.05) is 0 Å². The molecular formula is C12H19N5O4. The summed E-state index contributed by atoms with van der Waals surface area (Å²) in [6.45, 7) is 0.873. The number of hydrogen-bond donors (Lipinski definition) is 5. The van der Waals surface area contributed by atoms with Crippen LogP contribution in [0.25, 0.3) is 11.0 Å². The molecule has 9 nitrogen and oxygen atoms in total. The molecule has 0 radical (unpaired) electrons. The van der Waals surface area contributed by atoms with Crippen LogP contribution in [0.5, 0.6) is 0 Å². The number of nitrogen functional groups attached to an aromatic ring is 2. The third kappa shape index (κ3) is 2.40. The highest BCUT2D eigenvalue weighted by atomic mass is 16.5. The summed E-state index contributed by atoms with van der Waals surface area (Å²) in [5, 5.41) is 30.6. The Labute approximate surface area is 120 Å². The summed E-state index contributed by atoms with van der Waals surface area (Å²) in [6.07, 6.45) is -1.20. The third-order valence-corrected chi connectivity index (χ3v) is 3.50. The van der Waals surface area contributed by atoms with Crippen LogP contribution in [0.4, 0.5) is 11.6 Å². The van der Waals surface area contributed by atoms with Gasteiger partial charge in [-0.1, -0.05) is 0 Å². The first-order valence-corrected chi connectivity index (χ1v) is 6.26. The maximum absolute atomic E-state index is 10.7. The standard InChI is InChI=1S/C12H19N5O4/c1-12(20,9(19)7(4-18)21-2)17-8(13)3-6-10(14)15-5-16-11(6)17/h3,5,7,9,18-20H,4,13H2,1-2H3,(H2,14,15,16)/t7-,9-,12-/m1/s1. The monoisotopic (exact) mass is 297 g/mol. The number of methoxy groups -OCH3 is 1. The molecule has 0 amide bonds. The topological polar surface area (TPSA) is 153 Å². The van der Waals surface area contributed by atoms with Crippen molar-refractivity contribution >= 4 is 22.7 Å². The van der Waals surface area contributed by atoms with E-state index in [9.17, 15) is 15.3 Å². The predicted octanol–water partition coefficient (Wildman–Crippen LogP) is -1.37. The summed E-state index contributed by atoms with van der Waals surface area (Å²) in [7, 11) is 1.32. The van der Waals surface area contributed by atoms with Gasteiger partial charge in [-0.05, 0) is 13.0 Å². The Morgan fingerprint density at radius 2 is 2.10 bits per heavy atom. The smallest absolute Gasteiger partial charge is 0.170 e. The van der Waals surface area contributed by atoms with Crippen LogP contribution < -0.4 is 11.5 Å². The van der Waals surface area contributed by atoms with Crippen LogP contribution in [-0.4, -0.2) is 55.8 Å². The Kier molecular flexibility index (Phi) is 4.01. The maximum Gasteiger partial charge on any atom is 0.170 e. The van der Waals surface area contributed by atoms with Gasteiger partial charge in [0.1, 0.15) is 35.8 Å². The number of aliphatic hydroxyl groups excluding tert-OH is 2. The lowest BCUT2D eigenvalue weighted by atomic mass is 10.0. The second-order valence-electron chi connectivity index (χ2n) is 4.90. The molecule has 0 saturated heterocycles. The van der Waals surface area contributed by atoms with Gasteiger partial charge < -0.3 is 31.5 Å². The molecule has 0 saturated carbocycles. The van der Waals surface area contributed by atoms with Crippen LogP contribution in [-0.2, 0) is 10.5 Å². The van der Waals surface area contributed by atoms with Crippen molar-refractivity contribution in [3.05, 3.63) is 12.4 Å². The Bertz CT molecular complexity index is 638. The van der Waals surface area contributed by atoms with E-state index in [1.54, 1.807) is 0 Å². The lowest BCUT2D eigenvalue weighted by Crippen LogP contribution is -2.51. The number of anilines is 2. The van der Waals surface area contributed by atoms with Crippen molar-refractivity contribution in [3.63, 3.8) is 0 Å². The molecule has 0 fully saturated rings. The number of aromatic nitrogens is 3. The summed E-state index contributed by atoms with van der Waals surface area (Å²) < 4.78 is 6.18. The minimum Gasteiger partial charge on any atom is -0.394 e. The molecule has 2 heterocycles. The van der Waals surface area contributed by atoms with Gasteiger partial charge in [-0.15, -0.1) is 0 Å². The predicted molar refractivity (Wildman–Crippen MR) is 76.1 cm³/mol. The van der Waals surface area contributed by atoms with Gasteiger partial charge in [-0.25, -0.2) is 9.97 Å². The molecule has 2 aromatic rings. The zero-order valence-corrected chi connectivity index (χ0v) is 11.8. The molecule has 0 aromatic carbocycles. The SMILES string of the molecule is CO[C@H](CO)[C@@H](O)[C@@](C)(O)n1c(N)cc2c(N)ncnc21. The molecule has 2 rings (SSSR count). The molecule has 0 bridgehead atoms. The quantitative estimate of drug-likeness (QED) is 0.453. The van der Waals surface area contributed by atoms with Gasteiger partial charge in [0, 0.05) is 7.11 Å². The van der Waals surface area contributed by atoms with E-state index < -0.39 is 24.5 Å². The normalized spacial score (nSPS) is 17.6. The van der Waals surface area contributed by atoms with Crippen LogP contribution >= 0.6 is 0 Å². The van der Waals surface area contributed by atoms with Gasteiger partial charge in [0.05, 0.1) is 12.0 Å². The fraction of sp³-hybridized carbons (Fsp3) is 0.500. The maximum atomic E-state index is 10.7. The number of aliphatic hydroxyl groups is 3. The fourth-order valence-electron chi connectivity index (χ4n) is 2.31. The first kappa shape index (κ1) is 15.4. The minimum atomic E-state index is -1.87. The van der Waals surface area contributed by atoms with Crippen molar-refractivity contribution in [1.82, 2.24) is 14.5 Å². The van der Waals surface area contributed by atoms with E-state index in [2.05, 4.69) is 9.97 Å². The zero-order chi connectivity index (χ0) is 15.8. The van der Waals surface area contributed by atoms with E-state index in [-0.39, 0.29) is 17.3 Å². The van der Waals surface area contributed by atoms with E-state index in [0.717, 1.165) is 0 Å². The van der Waals surface area contributed by atoms with Crippen LogP contribution in [0.3, 0.4) is 0 Å². The van der Waals surface area contributed by atoms with Gasteiger partial charge in [0.2, 0.25) is 0 Å². The molecule has 0 unspecified atom stereocenters. The molecule has 116 valence electrons. The minimum absolute atomic E-state index is 0.147. The van der Waals surface area contributed by atoms with Gasteiger partial charge in [-0.3, -0.25) is 4.57 Å². The molecule has 0 aliphatic heterocycles. The Morgan fingerprint density at radius 1 is 1.43 bits per heavy atom. The third-order valence-electron chi connectivity index (χ3n) is 3.50. The molecule has 21 heavy (non-hydrogen) atoms. The molecular weight excluding hydrogens is 278 g/mol. The van der Waals surface area contributed by atoms with Gasteiger partial charge >= 0.3 is 0 Å². The van der Waals surface area contributed by atoms with E-state index in [4.69, 9.17) is 16.2 Å². The molecule has 0 aliphatic rings. The van der Waals surface area contributed by atoms with Crippen molar-refractivity contribution in [2.24, 2.45) is 0 Å². The van der Waals surface area contributed by atoms with E-state index in [1.165, 1.54) is 31.0 Å². The number of hydrogen-bond acceptors (Lipinski definition) is 8. The average molecular weight is 297 g/mol. The highest BCUT2D eigenvalue weighted by molar-refractivity contribution is 5.89. The van der Waals surface area contributed by atoms with Crippen molar-refractivity contribution in [2.45, 2.75) is 24.9 Å². The Balaban J connectivity index is 2.59. The second kappa shape index (κ2) is 5.45. The Morgan fingerprint density at radius 3 is 2.67 bits per heavy atom. The van der Waals surface area contributed by atoms with Crippen LogP contribution in [0.2, 0.25) is 0 Å². The van der Waals surface area contributed by atoms with E-state index in [0.29, 0.717) is 5.39 Å². The van der Waals surface area contributed by atoms with Gasteiger partial charge in [0.25, 0.3) is 0 Å². The summed E-state index contributed by atoms with van der Waals surface area (Å²) in [4.78, 5) is 7.89. The molecule has 0 spiro atoms. The second-order valence-corrected chi connectivity index (χ2v) is 4.90. The molecule has 0 aliphatic carbocycles. The molecule has 2 aromatic heterocycles. The van der Waals surface area contributed by atoms with E-state index >= 15 is 0 Å². The highest BCUT2D eigenvalue weighted by Crippen LogP contribution is 2.32. The first-order chi connectivity index (χ1) is 9.84. The number of ether oxygens (including phenoxy) is 1.